The molecule has 102 valence electrons. The molecular weight excluding hydrogens is 294 g/mol. The van der Waals surface area contributed by atoms with Crippen molar-refractivity contribution >= 4 is 15.9 Å². The lowest BCUT2D eigenvalue weighted by Crippen LogP contribution is -2.29. The average molecular weight is 316 g/mol. The summed E-state index contributed by atoms with van der Waals surface area (Å²) in [5.74, 6) is 0.956. The number of rotatable bonds is 8. The first-order valence-corrected chi connectivity index (χ1v) is 7.24. The van der Waals surface area contributed by atoms with Gasteiger partial charge in [-0.25, -0.2) is 0 Å². The Bertz CT molecular complexity index is 358. The third-order valence-corrected chi connectivity index (χ3v) is 3.20. The van der Waals surface area contributed by atoms with Gasteiger partial charge >= 0.3 is 0 Å². The Labute approximate surface area is 118 Å². The maximum absolute atomic E-state index is 5.41. The van der Waals surface area contributed by atoms with Gasteiger partial charge < -0.3 is 9.47 Å². The molecule has 0 saturated heterocycles. The molecule has 1 aromatic rings. The zero-order valence-electron chi connectivity index (χ0n) is 11.4. The lowest BCUT2D eigenvalue weighted by Gasteiger charge is -2.22. The summed E-state index contributed by atoms with van der Waals surface area (Å²) in [7, 11) is 3.46. The number of hydrogen-bond acceptors (Lipinski definition) is 3. The molecule has 0 aliphatic rings. The van der Waals surface area contributed by atoms with Crippen LogP contribution in [0.4, 0.5) is 0 Å². The van der Waals surface area contributed by atoms with Gasteiger partial charge in [0.1, 0.15) is 5.75 Å². The van der Waals surface area contributed by atoms with Gasteiger partial charge in [-0.2, -0.15) is 0 Å². The van der Waals surface area contributed by atoms with Crippen LogP contribution in [0.15, 0.2) is 18.2 Å². The van der Waals surface area contributed by atoms with E-state index in [2.05, 4.69) is 39.9 Å². The molecule has 0 aromatic heterocycles. The Morgan fingerprint density at radius 3 is 2.61 bits per heavy atom. The molecule has 0 unspecified atom stereocenters. The smallest absolute Gasteiger partial charge is 0.123 e. The number of alkyl halides is 1. The highest BCUT2D eigenvalue weighted by molar-refractivity contribution is 9.09. The van der Waals surface area contributed by atoms with Gasteiger partial charge in [0, 0.05) is 37.6 Å². The molecule has 0 heterocycles. The first-order valence-electron chi connectivity index (χ1n) is 6.12. The maximum atomic E-state index is 5.41. The van der Waals surface area contributed by atoms with Crippen molar-refractivity contribution in [3.63, 3.8) is 0 Å². The van der Waals surface area contributed by atoms with Crippen molar-refractivity contribution in [1.29, 1.82) is 0 Å². The van der Waals surface area contributed by atoms with Crippen LogP contribution in [-0.4, -0.2) is 44.1 Å². The predicted molar refractivity (Wildman–Crippen MR) is 78.7 cm³/mol. The van der Waals surface area contributed by atoms with E-state index in [1.54, 1.807) is 14.2 Å². The average Bonchev–Trinajstić information content (AvgIpc) is 2.36. The molecule has 3 nitrogen and oxygen atoms in total. The first-order chi connectivity index (χ1) is 8.71. The third kappa shape index (κ3) is 4.96. The molecule has 0 aliphatic carbocycles. The number of hydrogen-bond donors (Lipinski definition) is 0. The van der Waals surface area contributed by atoms with Gasteiger partial charge in [0.05, 0.1) is 13.7 Å². The first kappa shape index (κ1) is 15.5. The molecular formula is C14H22BrNO2. The highest BCUT2D eigenvalue weighted by Crippen LogP contribution is 2.21. The number of methoxy groups -OCH3 is 2. The van der Waals surface area contributed by atoms with Crippen LogP contribution in [0.25, 0.3) is 0 Å². The second-order valence-corrected chi connectivity index (χ2v) is 5.07. The van der Waals surface area contributed by atoms with Crippen molar-refractivity contribution in [2.45, 2.75) is 13.5 Å². The third-order valence-electron chi connectivity index (χ3n) is 2.84. The molecule has 0 fully saturated rings. The van der Waals surface area contributed by atoms with Crippen LogP contribution >= 0.6 is 15.9 Å². The van der Waals surface area contributed by atoms with Crippen LogP contribution in [0.1, 0.15) is 11.1 Å². The molecule has 1 rings (SSSR count). The van der Waals surface area contributed by atoms with Crippen molar-refractivity contribution in [2.75, 3.05) is 39.2 Å². The van der Waals surface area contributed by atoms with Gasteiger partial charge in [0.2, 0.25) is 0 Å². The summed E-state index contributed by atoms with van der Waals surface area (Å²) < 4.78 is 10.6. The number of halogens is 1. The molecule has 0 saturated carbocycles. The number of ether oxygens (including phenoxy) is 2. The lowest BCUT2D eigenvalue weighted by molar-refractivity contribution is 0.147. The SMILES string of the molecule is COCCN(CCBr)Cc1cc(C)ccc1OC. The Morgan fingerprint density at radius 2 is 2.00 bits per heavy atom. The van der Waals surface area contributed by atoms with E-state index in [1.807, 2.05) is 6.07 Å². The van der Waals surface area contributed by atoms with Crippen LogP contribution in [-0.2, 0) is 11.3 Å². The highest BCUT2D eigenvalue weighted by Gasteiger charge is 2.09. The minimum Gasteiger partial charge on any atom is -0.496 e. The highest BCUT2D eigenvalue weighted by atomic mass is 79.9. The van der Waals surface area contributed by atoms with Gasteiger partial charge in [-0.15, -0.1) is 0 Å². The van der Waals surface area contributed by atoms with Crippen molar-refractivity contribution in [3.8, 4) is 5.75 Å². The topological polar surface area (TPSA) is 21.7 Å². The van der Waals surface area contributed by atoms with E-state index in [0.717, 1.165) is 37.3 Å². The minimum absolute atomic E-state index is 0.751. The van der Waals surface area contributed by atoms with Crippen LogP contribution in [0, 0.1) is 6.92 Å². The van der Waals surface area contributed by atoms with Gasteiger partial charge in [0.25, 0.3) is 0 Å². The largest absolute Gasteiger partial charge is 0.496 e. The van der Waals surface area contributed by atoms with E-state index >= 15 is 0 Å². The molecule has 0 amide bonds. The lowest BCUT2D eigenvalue weighted by atomic mass is 10.1. The van der Waals surface area contributed by atoms with E-state index in [4.69, 9.17) is 9.47 Å². The Morgan fingerprint density at radius 1 is 1.22 bits per heavy atom. The fourth-order valence-electron chi connectivity index (χ4n) is 1.88. The second-order valence-electron chi connectivity index (χ2n) is 4.27. The molecule has 4 heteroatoms. The molecule has 1 aromatic carbocycles. The van der Waals surface area contributed by atoms with Gasteiger partial charge in [-0.1, -0.05) is 33.6 Å². The van der Waals surface area contributed by atoms with Crippen molar-refractivity contribution in [1.82, 2.24) is 4.90 Å². The number of aryl methyl sites for hydroxylation is 1. The monoisotopic (exact) mass is 315 g/mol. The van der Waals surface area contributed by atoms with Crippen LogP contribution in [0.2, 0.25) is 0 Å². The minimum atomic E-state index is 0.751. The summed E-state index contributed by atoms with van der Waals surface area (Å²) in [6, 6.07) is 6.30. The molecule has 0 atom stereocenters. The summed E-state index contributed by atoms with van der Waals surface area (Å²) >= 11 is 3.49. The fourth-order valence-corrected chi connectivity index (χ4v) is 2.38. The summed E-state index contributed by atoms with van der Waals surface area (Å²) in [5, 5.41) is 0.963. The van der Waals surface area contributed by atoms with Crippen LogP contribution in [0.5, 0.6) is 5.75 Å². The molecule has 18 heavy (non-hydrogen) atoms. The van der Waals surface area contributed by atoms with Crippen molar-refractivity contribution < 1.29 is 9.47 Å². The number of nitrogens with zero attached hydrogens (tertiary/aromatic N) is 1. The van der Waals surface area contributed by atoms with Crippen LogP contribution in [0.3, 0.4) is 0 Å². The summed E-state index contributed by atoms with van der Waals surface area (Å²) in [6.07, 6.45) is 0. The Hall–Kier alpha value is -0.580. The van der Waals surface area contributed by atoms with E-state index in [1.165, 1.54) is 11.1 Å². The van der Waals surface area contributed by atoms with E-state index in [9.17, 15) is 0 Å². The maximum Gasteiger partial charge on any atom is 0.123 e. The van der Waals surface area contributed by atoms with Crippen molar-refractivity contribution in [2.24, 2.45) is 0 Å². The van der Waals surface area contributed by atoms with E-state index < -0.39 is 0 Å². The quantitative estimate of drug-likeness (QED) is 0.689. The Kier molecular flexibility index (Phi) is 7.32. The predicted octanol–water partition coefficient (Wildman–Crippen LogP) is 2.85. The molecule has 0 spiro atoms. The molecule has 0 bridgehead atoms. The molecule has 0 aliphatic heterocycles. The van der Waals surface area contributed by atoms with E-state index in [-0.39, 0.29) is 0 Å². The van der Waals surface area contributed by atoms with Gasteiger partial charge in [-0.3, -0.25) is 4.90 Å². The standard InChI is InChI=1S/C14H22BrNO2/c1-12-4-5-14(18-3)13(10-12)11-16(7-6-15)8-9-17-2/h4-5,10H,6-9,11H2,1-3H3. The molecule has 0 N–H and O–H groups in total. The summed E-state index contributed by atoms with van der Waals surface area (Å²) in [6.45, 7) is 5.67. The normalized spacial score (nSPS) is 10.9. The second kappa shape index (κ2) is 8.51. The van der Waals surface area contributed by atoms with Crippen molar-refractivity contribution in [3.05, 3.63) is 29.3 Å². The summed E-state index contributed by atoms with van der Waals surface area (Å²) in [5.41, 5.74) is 2.49. The molecule has 0 radical (unpaired) electrons. The zero-order valence-corrected chi connectivity index (χ0v) is 13.0. The number of benzene rings is 1. The van der Waals surface area contributed by atoms with Gasteiger partial charge in [0.15, 0.2) is 0 Å². The fraction of sp³-hybridized carbons (Fsp3) is 0.571. The summed E-state index contributed by atoms with van der Waals surface area (Å²) in [4.78, 5) is 2.36. The zero-order chi connectivity index (χ0) is 13.4. The Balaban J connectivity index is 2.74. The van der Waals surface area contributed by atoms with Crippen LogP contribution < -0.4 is 4.74 Å². The van der Waals surface area contributed by atoms with E-state index in [0.29, 0.717) is 0 Å². The van der Waals surface area contributed by atoms with Gasteiger partial charge in [-0.05, 0) is 13.0 Å².